The standard InChI is InChI=1S/C54H34N6O/c1-3-11-37(12-4-1)57-33-31-45-47(57)29-27-43-41-15-7-9-17-49(41)59(51(43)45)39-23-19-35(20-24-39)53-55-56-54(61-53)36-21-25-40(26-22-36)60-50-18-10-8-16-42(50)44-28-30-48-46(52(44)60)32-34-58(48)38-13-5-2-6-14-38/h1-34H. The zero-order valence-corrected chi connectivity index (χ0v) is 32.7. The highest BCUT2D eigenvalue weighted by molar-refractivity contribution is 6.19. The SMILES string of the molecule is c1ccc(-n2ccc3c2ccc2c4ccccc4n(-c4ccc(-c5nnc(-c6ccc(-n7c8ccccc8c8ccc9c(ccn9-c9ccccc9)c87)cc6)o5)cc4)c23)cc1. The molecular formula is C54H34N6O. The van der Waals surface area contributed by atoms with Crippen molar-refractivity contribution < 1.29 is 4.42 Å². The van der Waals surface area contributed by atoms with Crippen LogP contribution in [0, 0.1) is 0 Å². The smallest absolute Gasteiger partial charge is 0.248 e. The lowest BCUT2D eigenvalue weighted by Gasteiger charge is -2.10. The van der Waals surface area contributed by atoms with Crippen molar-refractivity contribution in [3.8, 4) is 45.7 Å². The van der Waals surface area contributed by atoms with Gasteiger partial charge in [0.2, 0.25) is 11.8 Å². The van der Waals surface area contributed by atoms with Crippen LogP contribution >= 0.6 is 0 Å². The molecule has 0 aliphatic rings. The van der Waals surface area contributed by atoms with Gasteiger partial charge in [0, 0.05) is 78.6 Å². The Morgan fingerprint density at radius 1 is 0.295 bits per heavy atom. The van der Waals surface area contributed by atoms with Crippen LogP contribution in [0.4, 0.5) is 0 Å². The monoisotopic (exact) mass is 782 g/mol. The van der Waals surface area contributed by atoms with E-state index in [0.29, 0.717) is 11.8 Å². The normalized spacial score (nSPS) is 11.9. The average Bonchev–Trinajstić information content (AvgIpc) is 4.18. The molecule has 0 amide bonds. The van der Waals surface area contributed by atoms with Crippen molar-refractivity contribution in [1.82, 2.24) is 28.5 Å². The van der Waals surface area contributed by atoms with Gasteiger partial charge in [0.25, 0.3) is 0 Å². The molecule has 0 radical (unpaired) electrons. The fourth-order valence-corrected chi connectivity index (χ4v) is 9.48. The summed E-state index contributed by atoms with van der Waals surface area (Å²) in [5.74, 6) is 0.950. The first-order valence-corrected chi connectivity index (χ1v) is 20.5. The molecule has 0 unspecified atom stereocenters. The first kappa shape index (κ1) is 33.5. The Morgan fingerprint density at radius 3 is 1.15 bits per heavy atom. The van der Waals surface area contributed by atoms with Gasteiger partial charge in [-0.2, -0.15) is 0 Å². The van der Waals surface area contributed by atoms with Crippen molar-refractivity contribution in [2.45, 2.75) is 0 Å². The quantitative estimate of drug-likeness (QED) is 0.169. The highest BCUT2D eigenvalue weighted by atomic mass is 16.4. The molecule has 0 saturated heterocycles. The third kappa shape index (κ3) is 5.04. The molecule has 0 spiro atoms. The third-order valence-corrected chi connectivity index (χ3v) is 12.2. The number of para-hydroxylation sites is 4. The van der Waals surface area contributed by atoms with Crippen LogP contribution in [0.5, 0.6) is 0 Å². The van der Waals surface area contributed by atoms with Gasteiger partial charge in [0.1, 0.15) is 0 Å². The molecule has 7 heteroatoms. The highest BCUT2D eigenvalue weighted by Crippen LogP contribution is 2.40. The fraction of sp³-hybridized carbons (Fsp3) is 0. The van der Waals surface area contributed by atoms with E-state index in [1.54, 1.807) is 0 Å². The summed E-state index contributed by atoms with van der Waals surface area (Å²) in [5.41, 5.74) is 13.1. The van der Waals surface area contributed by atoms with Gasteiger partial charge in [0.15, 0.2) is 0 Å². The number of fused-ring (bicyclic) bond motifs is 10. The topological polar surface area (TPSA) is 58.6 Å². The Labute approximate surface area is 349 Å². The van der Waals surface area contributed by atoms with Crippen molar-refractivity contribution in [1.29, 1.82) is 0 Å². The number of aromatic nitrogens is 6. The fourth-order valence-electron chi connectivity index (χ4n) is 9.48. The molecule has 7 nitrogen and oxygen atoms in total. The lowest BCUT2D eigenvalue weighted by atomic mass is 10.1. The largest absolute Gasteiger partial charge is 0.416 e. The van der Waals surface area contributed by atoms with Crippen molar-refractivity contribution in [3.05, 3.63) is 207 Å². The van der Waals surface area contributed by atoms with E-state index in [9.17, 15) is 0 Å². The van der Waals surface area contributed by atoms with Gasteiger partial charge >= 0.3 is 0 Å². The third-order valence-electron chi connectivity index (χ3n) is 12.2. The van der Waals surface area contributed by atoms with Gasteiger partial charge in [-0.3, -0.25) is 0 Å². The summed E-state index contributed by atoms with van der Waals surface area (Å²) in [7, 11) is 0. The molecule has 0 atom stereocenters. The van der Waals surface area contributed by atoms with Crippen LogP contribution in [0.25, 0.3) is 111 Å². The first-order chi connectivity index (χ1) is 30.3. The molecule has 0 fully saturated rings. The van der Waals surface area contributed by atoms with Crippen LogP contribution in [-0.2, 0) is 0 Å². The summed E-state index contributed by atoms with van der Waals surface area (Å²) in [6.07, 6.45) is 4.33. The molecule has 0 N–H and O–H groups in total. The molecule has 0 bridgehead atoms. The molecule has 5 heterocycles. The Bertz CT molecular complexity index is 3540. The summed E-state index contributed by atoms with van der Waals surface area (Å²) < 4.78 is 15.6. The van der Waals surface area contributed by atoms with Crippen molar-refractivity contribution >= 4 is 65.4 Å². The van der Waals surface area contributed by atoms with Crippen molar-refractivity contribution in [2.24, 2.45) is 0 Å². The van der Waals surface area contributed by atoms with Gasteiger partial charge in [-0.25, -0.2) is 0 Å². The van der Waals surface area contributed by atoms with E-state index in [-0.39, 0.29) is 0 Å². The molecule has 61 heavy (non-hydrogen) atoms. The number of hydrogen-bond donors (Lipinski definition) is 0. The Morgan fingerprint density at radius 2 is 0.705 bits per heavy atom. The van der Waals surface area contributed by atoms with E-state index in [2.05, 4.69) is 235 Å². The minimum absolute atomic E-state index is 0.475. The van der Waals surface area contributed by atoms with Gasteiger partial charge in [-0.05, 0) is 109 Å². The molecule has 286 valence electrons. The number of nitrogens with zero attached hydrogens (tertiary/aromatic N) is 6. The Kier molecular flexibility index (Phi) is 7.17. The molecule has 0 aliphatic heterocycles. The lowest BCUT2D eigenvalue weighted by molar-refractivity contribution is 0.584. The number of hydrogen-bond acceptors (Lipinski definition) is 3. The highest BCUT2D eigenvalue weighted by Gasteiger charge is 2.20. The van der Waals surface area contributed by atoms with Gasteiger partial charge in [0.05, 0.1) is 33.1 Å². The second-order valence-corrected chi connectivity index (χ2v) is 15.5. The van der Waals surface area contributed by atoms with Crippen molar-refractivity contribution in [2.75, 3.05) is 0 Å². The maximum Gasteiger partial charge on any atom is 0.248 e. The minimum Gasteiger partial charge on any atom is -0.416 e. The average molecular weight is 783 g/mol. The van der Waals surface area contributed by atoms with E-state index >= 15 is 0 Å². The summed E-state index contributed by atoms with van der Waals surface area (Å²) in [6.45, 7) is 0. The van der Waals surface area contributed by atoms with Gasteiger partial charge in [-0.1, -0.05) is 84.9 Å². The zero-order chi connectivity index (χ0) is 40.0. The van der Waals surface area contributed by atoms with Crippen LogP contribution in [-0.4, -0.2) is 28.5 Å². The minimum atomic E-state index is 0.475. The Hall–Kier alpha value is -8.42. The molecule has 5 aromatic heterocycles. The first-order valence-electron chi connectivity index (χ1n) is 20.5. The molecule has 0 aliphatic carbocycles. The van der Waals surface area contributed by atoms with Crippen molar-refractivity contribution in [3.63, 3.8) is 0 Å². The summed E-state index contributed by atoms with van der Waals surface area (Å²) in [5, 5.41) is 16.3. The predicted molar refractivity (Wildman–Crippen MR) is 248 cm³/mol. The number of rotatable bonds is 6. The second kappa shape index (κ2) is 13.0. The molecule has 8 aromatic carbocycles. The molecule has 0 saturated carbocycles. The Balaban J connectivity index is 0.855. The van der Waals surface area contributed by atoms with Crippen LogP contribution < -0.4 is 0 Å². The second-order valence-electron chi connectivity index (χ2n) is 15.5. The maximum atomic E-state index is 6.36. The van der Waals surface area contributed by atoms with Gasteiger partial charge < -0.3 is 22.7 Å². The zero-order valence-electron chi connectivity index (χ0n) is 32.7. The lowest BCUT2D eigenvalue weighted by Crippen LogP contribution is -1.95. The molecular weight excluding hydrogens is 749 g/mol. The van der Waals surface area contributed by atoms with Crippen LogP contribution in [0.1, 0.15) is 0 Å². The molecule has 13 rings (SSSR count). The van der Waals surface area contributed by atoms with Crippen LogP contribution in [0.15, 0.2) is 211 Å². The van der Waals surface area contributed by atoms with E-state index in [4.69, 9.17) is 4.42 Å². The molecule has 13 aromatic rings. The summed E-state index contributed by atoms with van der Waals surface area (Å²) in [6, 6.07) is 68.5. The van der Waals surface area contributed by atoms with Gasteiger partial charge in [-0.15, -0.1) is 10.2 Å². The maximum absolute atomic E-state index is 6.36. The predicted octanol–water partition coefficient (Wildman–Crippen LogP) is 13.5. The van der Waals surface area contributed by atoms with E-state index < -0.39 is 0 Å². The number of benzene rings is 8. The van der Waals surface area contributed by atoms with Crippen LogP contribution in [0.3, 0.4) is 0 Å². The van der Waals surface area contributed by atoms with Crippen LogP contribution in [0.2, 0.25) is 0 Å². The van der Waals surface area contributed by atoms with E-state index in [1.165, 1.54) is 43.4 Å². The van der Waals surface area contributed by atoms with E-state index in [1.807, 2.05) is 0 Å². The van der Waals surface area contributed by atoms with E-state index in [0.717, 1.165) is 55.9 Å². The summed E-state index contributed by atoms with van der Waals surface area (Å²) >= 11 is 0. The summed E-state index contributed by atoms with van der Waals surface area (Å²) in [4.78, 5) is 0.